The molecule has 0 saturated carbocycles. The summed E-state index contributed by atoms with van der Waals surface area (Å²) in [7, 11) is 1.31. The monoisotopic (exact) mass is 193 g/mol. The van der Waals surface area contributed by atoms with Crippen LogP contribution in [0.25, 0.3) is 6.08 Å². The van der Waals surface area contributed by atoms with E-state index in [1.165, 1.54) is 7.11 Å². The SMILES string of the molecule is COC(=O)c1cccc(C=CCO)n1. The summed E-state index contributed by atoms with van der Waals surface area (Å²) in [5.41, 5.74) is 0.870. The van der Waals surface area contributed by atoms with Gasteiger partial charge in [-0.15, -0.1) is 0 Å². The normalized spacial score (nSPS) is 10.4. The number of hydrogen-bond acceptors (Lipinski definition) is 4. The summed E-state index contributed by atoms with van der Waals surface area (Å²) < 4.78 is 4.52. The fraction of sp³-hybridized carbons (Fsp3) is 0.200. The summed E-state index contributed by atoms with van der Waals surface area (Å²) in [5, 5.41) is 8.55. The molecule has 0 fully saturated rings. The third kappa shape index (κ3) is 2.67. The lowest BCUT2D eigenvalue weighted by Gasteiger charge is -1.98. The molecule has 4 heteroatoms. The number of aromatic nitrogens is 1. The van der Waals surface area contributed by atoms with Crippen molar-refractivity contribution >= 4 is 12.0 Å². The molecular weight excluding hydrogens is 182 g/mol. The van der Waals surface area contributed by atoms with E-state index in [2.05, 4.69) is 9.72 Å². The first kappa shape index (κ1) is 10.4. The third-order valence-corrected chi connectivity index (χ3v) is 1.56. The lowest BCUT2D eigenvalue weighted by molar-refractivity contribution is 0.0594. The molecule has 0 radical (unpaired) electrons. The second-order valence-electron chi connectivity index (χ2n) is 2.52. The minimum Gasteiger partial charge on any atom is -0.464 e. The topological polar surface area (TPSA) is 59.4 Å². The largest absolute Gasteiger partial charge is 0.464 e. The number of rotatable bonds is 3. The van der Waals surface area contributed by atoms with Crippen LogP contribution in [0.5, 0.6) is 0 Å². The average Bonchev–Trinajstić information content (AvgIpc) is 2.25. The number of aliphatic hydroxyl groups is 1. The zero-order valence-corrected chi connectivity index (χ0v) is 7.80. The second-order valence-corrected chi connectivity index (χ2v) is 2.52. The molecular formula is C10H11NO3. The standard InChI is InChI=1S/C10H11NO3/c1-14-10(13)9-6-2-4-8(11-9)5-3-7-12/h2-6,12H,7H2,1H3. The van der Waals surface area contributed by atoms with E-state index in [1.807, 2.05) is 0 Å². The van der Waals surface area contributed by atoms with Crippen LogP contribution in [0.1, 0.15) is 16.2 Å². The molecule has 1 rings (SSSR count). The first-order valence-electron chi connectivity index (χ1n) is 4.10. The number of methoxy groups -OCH3 is 1. The van der Waals surface area contributed by atoms with Crippen LogP contribution in [0.15, 0.2) is 24.3 Å². The van der Waals surface area contributed by atoms with Crippen LogP contribution in [-0.4, -0.2) is 29.8 Å². The number of esters is 1. The highest BCUT2D eigenvalue weighted by Gasteiger charge is 2.05. The van der Waals surface area contributed by atoms with Gasteiger partial charge in [0.2, 0.25) is 0 Å². The number of nitrogens with zero attached hydrogens (tertiary/aromatic N) is 1. The van der Waals surface area contributed by atoms with E-state index in [9.17, 15) is 4.79 Å². The van der Waals surface area contributed by atoms with Crippen molar-refractivity contribution in [1.29, 1.82) is 0 Å². The Morgan fingerprint density at radius 2 is 2.43 bits per heavy atom. The van der Waals surface area contributed by atoms with Gasteiger partial charge in [0.05, 0.1) is 19.4 Å². The Bertz CT molecular complexity index is 347. The van der Waals surface area contributed by atoms with Crippen molar-refractivity contribution in [3.05, 3.63) is 35.7 Å². The molecule has 0 saturated heterocycles. The molecule has 1 aromatic rings. The fourth-order valence-corrected chi connectivity index (χ4v) is 0.936. The molecule has 1 N–H and O–H groups in total. The number of aliphatic hydroxyl groups excluding tert-OH is 1. The summed E-state index contributed by atoms with van der Waals surface area (Å²) >= 11 is 0. The van der Waals surface area contributed by atoms with Crippen LogP contribution in [0, 0.1) is 0 Å². The van der Waals surface area contributed by atoms with Crippen molar-refractivity contribution in [2.75, 3.05) is 13.7 Å². The van der Waals surface area contributed by atoms with E-state index < -0.39 is 5.97 Å². The van der Waals surface area contributed by atoms with Crippen LogP contribution in [0.4, 0.5) is 0 Å². The van der Waals surface area contributed by atoms with E-state index in [0.29, 0.717) is 5.69 Å². The molecule has 1 aromatic heterocycles. The zero-order chi connectivity index (χ0) is 10.4. The van der Waals surface area contributed by atoms with Crippen LogP contribution in [0.3, 0.4) is 0 Å². The van der Waals surface area contributed by atoms with Crippen LogP contribution >= 0.6 is 0 Å². The van der Waals surface area contributed by atoms with Gasteiger partial charge in [0.25, 0.3) is 0 Å². The van der Waals surface area contributed by atoms with E-state index in [-0.39, 0.29) is 12.3 Å². The molecule has 74 valence electrons. The van der Waals surface area contributed by atoms with Crippen molar-refractivity contribution < 1.29 is 14.6 Å². The predicted octanol–water partition coefficient (Wildman–Crippen LogP) is 0.874. The van der Waals surface area contributed by atoms with Gasteiger partial charge in [-0.25, -0.2) is 9.78 Å². The quantitative estimate of drug-likeness (QED) is 0.724. The number of carbonyl (C=O) groups is 1. The Kier molecular flexibility index (Phi) is 3.82. The third-order valence-electron chi connectivity index (χ3n) is 1.56. The minimum atomic E-state index is -0.468. The summed E-state index contributed by atoms with van der Waals surface area (Å²) in [6.45, 7) is -0.0515. The molecule has 1 heterocycles. The van der Waals surface area contributed by atoms with Crippen molar-refractivity contribution in [1.82, 2.24) is 4.98 Å². The Morgan fingerprint density at radius 3 is 3.07 bits per heavy atom. The van der Waals surface area contributed by atoms with Crippen LogP contribution in [-0.2, 0) is 4.74 Å². The van der Waals surface area contributed by atoms with Gasteiger partial charge in [-0.2, -0.15) is 0 Å². The summed E-state index contributed by atoms with van der Waals surface area (Å²) in [6.07, 6.45) is 3.18. The Hall–Kier alpha value is -1.68. The van der Waals surface area contributed by atoms with Crippen LogP contribution in [0.2, 0.25) is 0 Å². The molecule has 0 aliphatic carbocycles. The van der Waals surface area contributed by atoms with Gasteiger partial charge in [0.1, 0.15) is 5.69 Å². The number of hydrogen-bond donors (Lipinski definition) is 1. The average molecular weight is 193 g/mol. The Labute approximate surface area is 81.9 Å². The molecule has 4 nitrogen and oxygen atoms in total. The maximum absolute atomic E-state index is 11.1. The Morgan fingerprint density at radius 1 is 1.64 bits per heavy atom. The van der Waals surface area contributed by atoms with E-state index >= 15 is 0 Å². The first-order chi connectivity index (χ1) is 6.77. The zero-order valence-electron chi connectivity index (χ0n) is 7.80. The molecule has 0 unspecified atom stereocenters. The van der Waals surface area contributed by atoms with Crippen molar-refractivity contribution in [3.8, 4) is 0 Å². The summed E-state index contributed by atoms with van der Waals surface area (Å²) in [4.78, 5) is 15.1. The molecule has 0 bridgehead atoms. The predicted molar refractivity (Wildman–Crippen MR) is 51.7 cm³/mol. The molecule has 0 aliphatic heterocycles. The van der Waals surface area contributed by atoms with Crippen molar-refractivity contribution in [2.24, 2.45) is 0 Å². The van der Waals surface area contributed by atoms with Gasteiger partial charge >= 0.3 is 5.97 Å². The highest BCUT2D eigenvalue weighted by atomic mass is 16.5. The molecule has 0 atom stereocenters. The molecule has 0 spiro atoms. The molecule has 0 aliphatic rings. The Balaban J connectivity index is 2.89. The number of carbonyl (C=O) groups excluding carboxylic acids is 1. The smallest absolute Gasteiger partial charge is 0.356 e. The maximum atomic E-state index is 11.1. The molecule has 0 aromatic carbocycles. The summed E-state index contributed by atoms with van der Waals surface area (Å²) in [6, 6.07) is 5.01. The van der Waals surface area contributed by atoms with Gasteiger partial charge in [0.15, 0.2) is 0 Å². The number of pyridine rings is 1. The highest BCUT2D eigenvalue weighted by molar-refractivity contribution is 5.87. The molecule has 14 heavy (non-hydrogen) atoms. The minimum absolute atomic E-state index is 0.0515. The lowest BCUT2D eigenvalue weighted by Crippen LogP contribution is -2.04. The second kappa shape index (κ2) is 5.14. The van der Waals surface area contributed by atoms with Crippen molar-refractivity contribution in [3.63, 3.8) is 0 Å². The summed E-state index contributed by atoms with van der Waals surface area (Å²) in [5.74, 6) is -0.468. The number of ether oxygens (including phenoxy) is 1. The van der Waals surface area contributed by atoms with Gasteiger partial charge < -0.3 is 9.84 Å². The van der Waals surface area contributed by atoms with Gasteiger partial charge in [-0.1, -0.05) is 12.1 Å². The maximum Gasteiger partial charge on any atom is 0.356 e. The van der Waals surface area contributed by atoms with E-state index in [4.69, 9.17) is 5.11 Å². The van der Waals surface area contributed by atoms with Gasteiger partial charge in [0, 0.05) is 0 Å². The van der Waals surface area contributed by atoms with Crippen LogP contribution < -0.4 is 0 Å². The molecule has 0 amide bonds. The van der Waals surface area contributed by atoms with Gasteiger partial charge in [-0.3, -0.25) is 0 Å². The van der Waals surface area contributed by atoms with E-state index in [0.717, 1.165) is 0 Å². The van der Waals surface area contributed by atoms with Gasteiger partial charge in [-0.05, 0) is 18.2 Å². The lowest BCUT2D eigenvalue weighted by atomic mass is 10.3. The van der Waals surface area contributed by atoms with E-state index in [1.54, 1.807) is 30.4 Å². The first-order valence-corrected chi connectivity index (χ1v) is 4.10. The highest BCUT2D eigenvalue weighted by Crippen LogP contribution is 2.02. The fourth-order valence-electron chi connectivity index (χ4n) is 0.936. The van der Waals surface area contributed by atoms with Crippen molar-refractivity contribution in [2.45, 2.75) is 0 Å².